The SMILES string of the molecule is O=C(O)CNC(=O)CNS(=O)(=O)CCc1ccccc1. The zero-order valence-electron chi connectivity index (χ0n) is 10.7. The van der Waals surface area contributed by atoms with Crippen molar-refractivity contribution in [2.24, 2.45) is 0 Å². The standard InChI is InChI=1S/C12H16N2O5S/c15-11(13-9-12(16)17)8-14-20(18,19)7-6-10-4-2-1-3-5-10/h1-5,14H,6-9H2,(H,13,15)(H,16,17). The number of sulfonamides is 1. The van der Waals surface area contributed by atoms with Crippen LogP contribution in [-0.2, 0) is 26.0 Å². The molecular weight excluding hydrogens is 284 g/mol. The first kappa shape index (κ1) is 16.1. The smallest absolute Gasteiger partial charge is 0.322 e. The summed E-state index contributed by atoms with van der Waals surface area (Å²) in [5.74, 6) is -2.01. The highest BCUT2D eigenvalue weighted by molar-refractivity contribution is 7.89. The lowest BCUT2D eigenvalue weighted by molar-refractivity contribution is -0.137. The van der Waals surface area contributed by atoms with Crippen molar-refractivity contribution in [3.05, 3.63) is 35.9 Å². The molecule has 1 rings (SSSR count). The number of hydrogen-bond acceptors (Lipinski definition) is 4. The summed E-state index contributed by atoms with van der Waals surface area (Å²) in [5.41, 5.74) is 0.883. The van der Waals surface area contributed by atoms with E-state index in [4.69, 9.17) is 5.11 Å². The second kappa shape index (κ2) is 7.61. The number of nitrogens with one attached hydrogen (secondary N) is 2. The van der Waals surface area contributed by atoms with Crippen LogP contribution in [0.25, 0.3) is 0 Å². The van der Waals surface area contributed by atoms with Crippen molar-refractivity contribution in [3.8, 4) is 0 Å². The van der Waals surface area contributed by atoms with Crippen LogP contribution in [0, 0.1) is 0 Å². The first-order valence-corrected chi connectivity index (χ1v) is 7.54. The second-order valence-electron chi connectivity index (χ2n) is 4.05. The summed E-state index contributed by atoms with van der Waals surface area (Å²) in [6.45, 7) is -1.00. The van der Waals surface area contributed by atoms with E-state index in [2.05, 4.69) is 10.0 Å². The van der Waals surface area contributed by atoms with E-state index in [1.54, 1.807) is 0 Å². The van der Waals surface area contributed by atoms with E-state index >= 15 is 0 Å². The Morgan fingerprint density at radius 1 is 1.10 bits per heavy atom. The van der Waals surface area contributed by atoms with Gasteiger partial charge < -0.3 is 10.4 Å². The number of hydrogen-bond donors (Lipinski definition) is 3. The van der Waals surface area contributed by atoms with Gasteiger partial charge in [-0.05, 0) is 12.0 Å². The fourth-order valence-electron chi connectivity index (χ4n) is 1.38. The van der Waals surface area contributed by atoms with Gasteiger partial charge in [-0.3, -0.25) is 9.59 Å². The molecule has 0 aliphatic rings. The highest BCUT2D eigenvalue weighted by atomic mass is 32.2. The molecule has 0 aliphatic carbocycles. The first-order chi connectivity index (χ1) is 9.39. The van der Waals surface area contributed by atoms with Crippen molar-refractivity contribution >= 4 is 21.9 Å². The molecule has 0 spiro atoms. The zero-order chi connectivity index (χ0) is 15.0. The van der Waals surface area contributed by atoms with Crippen LogP contribution in [0.3, 0.4) is 0 Å². The van der Waals surface area contributed by atoms with Crippen LogP contribution < -0.4 is 10.0 Å². The molecule has 0 atom stereocenters. The number of aliphatic carboxylic acids is 1. The number of amides is 1. The van der Waals surface area contributed by atoms with Gasteiger partial charge in [-0.1, -0.05) is 30.3 Å². The molecule has 1 aromatic carbocycles. The predicted molar refractivity (Wildman–Crippen MR) is 72.6 cm³/mol. The Morgan fingerprint density at radius 3 is 2.35 bits per heavy atom. The number of carbonyl (C=O) groups excluding carboxylic acids is 1. The number of rotatable bonds is 8. The maximum Gasteiger partial charge on any atom is 0.322 e. The summed E-state index contributed by atoms with van der Waals surface area (Å²) in [7, 11) is -3.57. The number of carboxylic acid groups (broad SMARTS) is 1. The normalized spacial score (nSPS) is 11.0. The molecule has 0 radical (unpaired) electrons. The number of aryl methyl sites for hydroxylation is 1. The van der Waals surface area contributed by atoms with E-state index in [-0.39, 0.29) is 5.75 Å². The van der Waals surface area contributed by atoms with Gasteiger partial charge in [0.25, 0.3) is 0 Å². The third kappa shape index (κ3) is 6.86. The van der Waals surface area contributed by atoms with Gasteiger partial charge in [0.05, 0.1) is 12.3 Å². The Bertz CT molecular complexity index is 556. The predicted octanol–water partition coefficient (Wildman–Crippen LogP) is -0.651. The summed E-state index contributed by atoms with van der Waals surface area (Å²) in [6, 6.07) is 9.09. The fraction of sp³-hybridized carbons (Fsp3) is 0.333. The van der Waals surface area contributed by atoms with Crippen molar-refractivity contribution in [1.82, 2.24) is 10.0 Å². The van der Waals surface area contributed by atoms with Gasteiger partial charge in [0.15, 0.2) is 0 Å². The van der Waals surface area contributed by atoms with Crippen molar-refractivity contribution in [3.63, 3.8) is 0 Å². The molecule has 0 heterocycles. The molecule has 20 heavy (non-hydrogen) atoms. The van der Waals surface area contributed by atoms with E-state index < -0.39 is 35.0 Å². The highest BCUT2D eigenvalue weighted by Gasteiger charge is 2.12. The molecule has 0 bridgehead atoms. The average Bonchev–Trinajstić information content (AvgIpc) is 2.42. The van der Waals surface area contributed by atoms with Crippen LogP contribution in [0.4, 0.5) is 0 Å². The Balaban J connectivity index is 2.34. The van der Waals surface area contributed by atoms with Crippen LogP contribution >= 0.6 is 0 Å². The highest BCUT2D eigenvalue weighted by Crippen LogP contribution is 2.01. The third-order valence-corrected chi connectivity index (χ3v) is 3.72. The molecule has 8 heteroatoms. The third-order valence-electron chi connectivity index (χ3n) is 2.39. The van der Waals surface area contributed by atoms with E-state index in [0.717, 1.165) is 5.56 Å². The molecule has 0 saturated carbocycles. The van der Waals surface area contributed by atoms with E-state index in [1.165, 1.54) is 0 Å². The van der Waals surface area contributed by atoms with Crippen LogP contribution in [0.1, 0.15) is 5.56 Å². The van der Waals surface area contributed by atoms with E-state index in [1.807, 2.05) is 30.3 Å². The number of benzene rings is 1. The van der Waals surface area contributed by atoms with Gasteiger partial charge in [0.2, 0.25) is 15.9 Å². The number of carboxylic acids is 1. The minimum absolute atomic E-state index is 0.136. The quantitative estimate of drug-likeness (QED) is 0.590. The average molecular weight is 300 g/mol. The van der Waals surface area contributed by atoms with Gasteiger partial charge >= 0.3 is 5.97 Å². The largest absolute Gasteiger partial charge is 0.480 e. The topological polar surface area (TPSA) is 113 Å². The molecular formula is C12H16N2O5S. The molecule has 1 amide bonds. The Labute approximate surface area is 117 Å². The summed E-state index contributed by atoms with van der Waals surface area (Å²) in [4.78, 5) is 21.4. The summed E-state index contributed by atoms with van der Waals surface area (Å²) in [5, 5.41) is 10.4. The van der Waals surface area contributed by atoms with Crippen LogP contribution in [0.2, 0.25) is 0 Å². The van der Waals surface area contributed by atoms with E-state index in [0.29, 0.717) is 6.42 Å². The lowest BCUT2D eigenvalue weighted by atomic mass is 10.2. The maximum absolute atomic E-state index is 11.6. The molecule has 0 unspecified atom stereocenters. The summed E-state index contributed by atoms with van der Waals surface area (Å²) < 4.78 is 25.4. The van der Waals surface area contributed by atoms with Gasteiger partial charge in [-0.2, -0.15) is 0 Å². The van der Waals surface area contributed by atoms with Crippen LogP contribution in [0.15, 0.2) is 30.3 Å². The fourth-order valence-corrected chi connectivity index (χ4v) is 2.38. The minimum Gasteiger partial charge on any atom is -0.480 e. The lowest BCUT2D eigenvalue weighted by Gasteiger charge is -2.06. The van der Waals surface area contributed by atoms with Crippen LogP contribution in [-0.4, -0.2) is 44.2 Å². The van der Waals surface area contributed by atoms with Crippen molar-refractivity contribution in [2.75, 3.05) is 18.8 Å². The van der Waals surface area contributed by atoms with Gasteiger partial charge in [-0.25, -0.2) is 13.1 Å². The lowest BCUT2D eigenvalue weighted by Crippen LogP contribution is -2.39. The Hall–Kier alpha value is -1.93. The Kier molecular flexibility index (Phi) is 6.13. The zero-order valence-corrected chi connectivity index (χ0v) is 11.5. The van der Waals surface area contributed by atoms with Gasteiger partial charge in [0.1, 0.15) is 6.54 Å². The van der Waals surface area contributed by atoms with Gasteiger partial charge in [0, 0.05) is 0 Å². The molecule has 0 aliphatic heterocycles. The molecule has 1 aromatic rings. The van der Waals surface area contributed by atoms with Crippen LogP contribution in [0.5, 0.6) is 0 Å². The molecule has 0 fully saturated rings. The molecule has 0 aromatic heterocycles. The number of carbonyl (C=O) groups is 2. The second-order valence-corrected chi connectivity index (χ2v) is 5.97. The maximum atomic E-state index is 11.6. The molecule has 0 saturated heterocycles. The van der Waals surface area contributed by atoms with Crippen molar-refractivity contribution in [2.45, 2.75) is 6.42 Å². The molecule has 110 valence electrons. The van der Waals surface area contributed by atoms with Crippen molar-refractivity contribution in [1.29, 1.82) is 0 Å². The van der Waals surface area contributed by atoms with Crippen molar-refractivity contribution < 1.29 is 23.1 Å². The monoisotopic (exact) mass is 300 g/mol. The molecule has 7 nitrogen and oxygen atoms in total. The van der Waals surface area contributed by atoms with Gasteiger partial charge in [-0.15, -0.1) is 0 Å². The minimum atomic E-state index is -3.57. The first-order valence-electron chi connectivity index (χ1n) is 5.89. The summed E-state index contributed by atoms with van der Waals surface area (Å²) >= 11 is 0. The summed E-state index contributed by atoms with van der Waals surface area (Å²) in [6.07, 6.45) is 0.340. The molecule has 3 N–H and O–H groups in total. The van der Waals surface area contributed by atoms with E-state index in [9.17, 15) is 18.0 Å². The Morgan fingerprint density at radius 2 is 1.75 bits per heavy atom.